The molecule has 6 heteroatoms. The Bertz CT molecular complexity index is 848. The van der Waals surface area contributed by atoms with E-state index in [0.29, 0.717) is 5.88 Å². The monoisotopic (exact) mass is 393 g/mol. The van der Waals surface area contributed by atoms with Crippen LogP contribution in [0, 0.1) is 6.92 Å². The van der Waals surface area contributed by atoms with E-state index >= 15 is 0 Å². The second-order valence-electron chi connectivity index (χ2n) is 5.98. The predicted octanol–water partition coefficient (Wildman–Crippen LogP) is 5.59. The summed E-state index contributed by atoms with van der Waals surface area (Å²) in [7, 11) is 0. The first-order chi connectivity index (χ1) is 12.2. The lowest BCUT2D eigenvalue weighted by Crippen LogP contribution is -2.18. The van der Waals surface area contributed by atoms with Crippen LogP contribution in [0.5, 0.6) is 0 Å². The van der Waals surface area contributed by atoms with E-state index in [9.17, 15) is 0 Å². The van der Waals surface area contributed by atoms with Crippen molar-refractivity contribution in [3.05, 3.63) is 58.1 Å². The van der Waals surface area contributed by atoms with E-state index in [2.05, 4.69) is 40.7 Å². The minimum atomic E-state index is 0.560. The Kier molecular flexibility index (Phi) is 6.54. The molecule has 0 aliphatic heterocycles. The Hall–Kier alpha value is -1.33. The zero-order valence-electron chi connectivity index (χ0n) is 14.1. The molecule has 0 saturated heterocycles. The van der Waals surface area contributed by atoms with E-state index in [0.717, 1.165) is 46.4 Å². The van der Waals surface area contributed by atoms with Crippen LogP contribution in [0.3, 0.4) is 0 Å². The Morgan fingerprint density at radius 1 is 1.12 bits per heavy atom. The molecule has 0 amide bonds. The molecule has 0 atom stereocenters. The van der Waals surface area contributed by atoms with Crippen LogP contribution in [0.4, 0.5) is 5.13 Å². The maximum absolute atomic E-state index is 6.01. The molecule has 0 spiro atoms. The highest BCUT2D eigenvalue weighted by Crippen LogP contribution is 2.28. The van der Waals surface area contributed by atoms with Crippen LogP contribution in [-0.4, -0.2) is 18.1 Å². The van der Waals surface area contributed by atoms with Gasteiger partial charge in [-0.2, -0.15) is 0 Å². The maximum atomic E-state index is 6.01. The number of nitrogens with one attached hydrogen (secondary N) is 2. The number of aromatic nitrogens is 1. The first-order valence-electron chi connectivity index (χ1n) is 8.31. The van der Waals surface area contributed by atoms with Gasteiger partial charge in [-0.05, 0) is 54.8 Å². The highest BCUT2D eigenvalue weighted by atomic mass is 35.5. The van der Waals surface area contributed by atoms with Crippen molar-refractivity contribution in [1.29, 1.82) is 0 Å². The van der Waals surface area contributed by atoms with E-state index in [1.54, 1.807) is 11.3 Å². The van der Waals surface area contributed by atoms with Crippen LogP contribution in [0.25, 0.3) is 10.2 Å². The van der Waals surface area contributed by atoms with Gasteiger partial charge in [0.25, 0.3) is 0 Å². The molecule has 0 aliphatic carbocycles. The third kappa shape index (κ3) is 5.08. The minimum Gasteiger partial charge on any atom is -0.361 e. The molecule has 0 unspecified atom stereocenters. The van der Waals surface area contributed by atoms with Crippen molar-refractivity contribution in [2.45, 2.75) is 25.8 Å². The molecule has 2 aromatic carbocycles. The summed E-state index contributed by atoms with van der Waals surface area (Å²) in [6, 6.07) is 12.2. The van der Waals surface area contributed by atoms with Gasteiger partial charge in [-0.1, -0.05) is 41.1 Å². The number of anilines is 1. The van der Waals surface area contributed by atoms with E-state index < -0.39 is 0 Å². The molecular weight excluding hydrogens is 373 g/mol. The number of thiazole rings is 1. The first-order valence-corrected chi connectivity index (χ1v) is 10.0. The quantitative estimate of drug-likeness (QED) is 0.386. The van der Waals surface area contributed by atoms with Crippen molar-refractivity contribution in [1.82, 2.24) is 10.3 Å². The molecular formula is C19H21Cl2N3S. The van der Waals surface area contributed by atoms with Gasteiger partial charge in [-0.25, -0.2) is 4.98 Å². The average molecular weight is 394 g/mol. The van der Waals surface area contributed by atoms with Gasteiger partial charge in [-0.3, -0.25) is 0 Å². The van der Waals surface area contributed by atoms with Gasteiger partial charge >= 0.3 is 0 Å². The fraction of sp³-hybridized carbons (Fsp3) is 0.316. The van der Waals surface area contributed by atoms with Crippen LogP contribution in [-0.2, 0) is 12.4 Å². The molecule has 0 saturated carbocycles. The second-order valence-corrected chi connectivity index (χ2v) is 7.72. The van der Waals surface area contributed by atoms with Crippen LogP contribution < -0.4 is 10.6 Å². The molecule has 1 heterocycles. The SMILES string of the molecule is Cc1ccc(CCl)cc1CNCCCNc1nc2ccc(Cl)cc2s1. The smallest absolute Gasteiger partial charge is 0.183 e. The summed E-state index contributed by atoms with van der Waals surface area (Å²) >= 11 is 13.6. The molecule has 0 radical (unpaired) electrons. The van der Waals surface area contributed by atoms with Crippen molar-refractivity contribution in [2.24, 2.45) is 0 Å². The van der Waals surface area contributed by atoms with Gasteiger partial charge in [0.1, 0.15) is 0 Å². The number of nitrogens with zero attached hydrogens (tertiary/aromatic N) is 1. The molecule has 3 nitrogen and oxygen atoms in total. The number of hydrogen-bond donors (Lipinski definition) is 2. The third-order valence-corrected chi connectivity index (χ3v) is 5.56. The van der Waals surface area contributed by atoms with Gasteiger partial charge in [0.2, 0.25) is 0 Å². The average Bonchev–Trinajstić information content (AvgIpc) is 3.01. The Morgan fingerprint density at radius 3 is 2.84 bits per heavy atom. The summed E-state index contributed by atoms with van der Waals surface area (Å²) in [5, 5.41) is 8.58. The van der Waals surface area contributed by atoms with Crippen LogP contribution in [0.15, 0.2) is 36.4 Å². The molecule has 1 aromatic heterocycles. The summed E-state index contributed by atoms with van der Waals surface area (Å²) in [5.74, 6) is 0.560. The standard InChI is InChI=1S/C19H21Cl2N3S/c1-13-3-4-14(11-20)9-15(13)12-22-7-2-8-23-19-24-17-6-5-16(21)10-18(17)25-19/h3-6,9-10,22H,2,7-8,11-12H2,1H3,(H,23,24). The number of hydrogen-bond acceptors (Lipinski definition) is 4. The number of fused-ring (bicyclic) bond motifs is 1. The number of aryl methyl sites for hydroxylation is 1. The molecule has 3 aromatic rings. The molecule has 2 N–H and O–H groups in total. The van der Waals surface area contributed by atoms with E-state index in [1.165, 1.54) is 16.7 Å². The van der Waals surface area contributed by atoms with Crippen molar-refractivity contribution >= 4 is 49.9 Å². The van der Waals surface area contributed by atoms with E-state index in [1.807, 2.05) is 18.2 Å². The lowest BCUT2D eigenvalue weighted by Gasteiger charge is -2.09. The number of halogens is 2. The fourth-order valence-electron chi connectivity index (χ4n) is 2.60. The molecule has 0 bridgehead atoms. The molecule has 0 fully saturated rings. The van der Waals surface area contributed by atoms with E-state index in [4.69, 9.17) is 23.2 Å². The summed E-state index contributed by atoms with van der Waals surface area (Å²) in [4.78, 5) is 4.57. The fourth-order valence-corrected chi connectivity index (χ4v) is 3.94. The zero-order valence-corrected chi connectivity index (χ0v) is 16.4. The lowest BCUT2D eigenvalue weighted by atomic mass is 10.1. The predicted molar refractivity (Wildman–Crippen MR) is 110 cm³/mol. The largest absolute Gasteiger partial charge is 0.361 e. The molecule has 132 valence electrons. The normalized spacial score (nSPS) is 11.2. The lowest BCUT2D eigenvalue weighted by molar-refractivity contribution is 0.661. The van der Waals surface area contributed by atoms with Gasteiger partial charge < -0.3 is 10.6 Å². The van der Waals surface area contributed by atoms with Crippen LogP contribution in [0.1, 0.15) is 23.1 Å². The summed E-state index contributed by atoms with van der Waals surface area (Å²) in [6.45, 7) is 4.85. The number of alkyl halides is 1. The van der Waals surface area contributed by atoms with Gasteiger partial charge in [-0.15, -0.1) is 11.6 Å². The van der Waals surface area contributed by atoms with Crippen LogP contribution in [0.2, 0.25) is 5.02 Å². The van der Waals surface area contributed by atoms with Gasteiger partial charge in [0.05, 0.1) is 10.2 Å². The Morgan fingerprint density at radius 2 is 2.00 bits per heavy atom. The first kappa shape index (κ1) is 18.5. The van der Waals surface area contributed by atoms with Crippen molar-refractivity contribution in [3.63, 3.8) is 0 Å². The minimum absolute atomic E-state index is 0.560. The highest BCUT2D eigenvalue weighted by molar-refractivity contribution is 7.22. The topological polar surface area (TPSA) is 37.0 Å². The van der Waals surface area contributed by atoms with Crippen LogP contribution >= 0.6 is 34.5 Å². The summed E-state index contributed by atoms with van der Waals surface area (Å²) < 4.78 is 1.11. The molecule has 0 aliphatic rings. The number of benzene rings is 2. The van der Waals surface area contributed by atoms with Gasteiger partial charge in [0.15, 0.2) is 5.13 Å². The van der Waals surface area contributed by atoms with Crippen molar-refractivity contribution in [3.8, 4) is 0 Å². The summed E-state index contributed by atoms with van der Waals surface area (Å²) in [5.41, 5.74) is 4.77. The van der Waals surface area contributed by atoms with Crippen molar-refractivity contribution < 1.29 is 0 Å². The second kappa shape index (κ2) is 8.86. The Balaban J connectivity index is 1.41. The Labute approximate surface area is 162 Å². The maximum Gasteiger partial charge on any atom is 0.183 e. The summed E-state index contributed by atoms with van der Waals surface area (Å²) in [6.07, 6.45) is 1.03. The highest BCUT2D eigenvalue weighted by Gasteiger charge is 2.04. The number of rotatable bonds is 8. The van der Waals surface area contributed by atoms with Gasteiger partial charge in [0, 0.05) is 24.0 Å². The molecule has 3 rings (SSSR count). The third-order valence-electron chi connectivity index (χ3n) is 4.04. The van der Waals surface area contributed by atoms with E-state index in [-0.39, 0.29) is 0 Å². The zero-order chi connectivity index (χ0) is 17.6. The van der Waals surface area contributed by atoms with Crippen molar-refractivity contribution in [2.75, 3.05) is 18.4 Å². The molecule has 25 heavy (non-hydrogen) atoms.